The lowest BCUT2D eigenvalue weighted by Gasteiger charge is -1.63. The lowest BCUT2D eigenvalue weighted by Crippen LogP contribution is -1.63. The second-order valence-corrected chi connectivity index (χ2v) is 0.670. The predicted octanol–water partition coefficient (Wildman–Crippen LogP) is 0.855. The van der Waals surface area contributed by atoms with E-state index in [0.29, 0.717) is 0 Å². The fourth-order valence-corrected chi connectivity index (χ4v) is 0.0954. The van der Waals surface area contributed by atoms with Gasteiger partial charge in [0.2, 0.25) is 0 Å². The fraction of sp³-hybridized carbons (Fsp3) is 0.250. The zero-order chi connectivity index (χ0) is 4.83. The van der Waals surface area contributed by atoms with Gasteiger partial charge in [-0.05, 0) is 0 Å². The maximum absolute atomic E-state index is 6.20. The SMILES string of the molecule is [CH2]C#CCN=N. The van der Waals surface area contributed by atoms with Gasteiger partial charge >= 0.3 is 0 Å². The Morgan fingerprint density at radius 3 is 2.67 bits per heavy atom. The van der Waals surface area contributed by atoms with Gasteiger partial charge in [-0.25, -0.2) is 5.53 Å². The molecule has 0 unspecified atom stereocenters. The highest BCUT2D eigenvalue weighted by Gasteiger charge is 1.57. The minimum atomic E-state index is 0.281. The molecule has 0 atom stereocenters. The Bertz CT molecular complexity index is 85.5. The van der Waals surface area contributed by atoms with Crippen molar-refractivity contribution < 1.29 is 0 Å². The smallest absolute Gasteiger partial charge is 0.120 e. The van der Waals surface area contributed by atoms with Gasteiger partial charge in [-0.2, -0.15) is 5.11 Å². The van der Waals surface area contributed by atoms with Crippen LogP contribution in [-0.4, -0.2) is 6.54 Å². The number of hydrogen-bond donors (Lipinski definition) is 1. The van der Waals surface area contributed by atoms with Gasteiger partial charge in [0.15, 0.2) is 0 Å². The van der Waals surface area contributed by atoms with Gasteiger partial charge < -0.3 is 0 Å². The van der Waals surface area contributed by atoms with Crippen LogP contribution in [0.1, 0.15) is 0 Å². The van der Waals surface area contributed by atoms with Crippen molar-refractivity contribution in [3.05, 3.63) is 6.92 Å². The summed E-state index contributed by atoms with van der Waals surface area (Å²) in [7, 11) is 0. The second kappa shape index (κ2) is 4.16. The summed E-state index contributed by atoms with van der Waals surface area (Å²) in [5.41, 5.74) is 6.20. The van der Waals surface area contributed by atoms with Crippen molar-refractivity contribution in [2.24, 2.45) is 5.11 Å². The summed E-state index contributed by atoms with van der Waals surface area (Å²) in [5.74, 6) is 4.84. The summed E-state index contributed by atoms with van der Waals surface area (Å²) < 4.78 is 0. The third-order valence-electron chi connectivity index (χ3n) is 0.283. The Morgan fingerprint density at radius 2 is 2.50 bits per heavy atom. The van der Waals surface area contributed by atoms with Gasteiger partial charge in [-0.15, -0.1) is 5.92 Å². The van der Waals surface area contributed by atoms with Crippen LogP contribution in [0.2, 0.25) is 0 Å². The molecule has 0 aliphatic carbocycles. The van der Waals surface area contributed by atoms with Gasteiger partial charge in [0.1, 0.15) is 6.54 Å². The van der Waals surface area contributed by atoms with E-state index < -0.39 is 0 Å². The van der Waals surface area contributed by atoms with Crippen LogP contribution in [0.4, 0.5) is 0 Å². The second-order valence-electron chi connectivity index (χ2n) is 0.670. The van der Waals surface area contributed by atoms with E-state index in [0.717, 1.165) is 0 Å². The lowest BCUT2D eigenvalue weighted by molar-refractivity contribution is 1.02. The van der Waals surface area contributed by atoms with Crippen molar-refractivity contribution in [2.45, 2.75) is 0 Å². The molecule has 0 spiro atoms. The molecular formula is C4H5N2. The van der Waals surface area contributed by atoms with Gasteiger partial charge in [0, 0.05) is 6.92 Å². The molecule has 2 nitrogen and oxygen atoms in total. The summed E-state index contributed by atoms with van der Waals surface area (Å²) in [6, 6.07) is 0. The molecule has 0 aromatic carbocycles. The average Bonchev–Trinajstić information content (AvgIpc) is 1.61. The quantitative estimate of drug-likeness (QED) is 0.359. The number of nitrogens with zero attached hydrogens (tertiary/aromatic N) is 1. The summed E-state index contributed by atoms with van der Waals surface area (Å²) in [4.78, 5) is 0. The van der Waals surface area contributed by atoms with E-state index in [9.17, 15) is 0 Å². The van der Waals surface area contributed by atoms with Crippen LogP contribution >= 0.6 is 0 Å². The first-order chi connectivity index (χ1) is 2.91. The van der Waals surface area contributed by atoms with Crippen molar-refractivity contribution in [1.82, 2.24) is 0 Å². The topological polar surface area (TPSA) is 36.2 Å². The molecule has 0 saturated heterocycles. The van der Waals surface area contributed by atoms with E-state index in [1.807, 2.05) is 0 Å². The highest BCUT2D eigenvalue weighted by Crippen LogP contribution is 1.58. The predicted molar refractivity (Wildman–Crippen MR) is 23.1 cm³/mol. The molecular weight excluding hydrogens is 76.1 g/mol. The zero-order valence-corrected chi connectivity index (χ0v) is 3.36. The first-order valence-electron chi connectivity index (χ1n) is 1.50. The number of hydrogen-bond acceptors (Lipinski definition) is 2. The van der Waals surface area contributed by atoms with Crippen molar-refractivity contribution in [1.29, 1.82) is 5.53 Å². The standard InChI is InChI=1S/C4H5N2/c1-2-3-4-6-5/h5H,1,4H2. The number of nitrogens with one attached hydrogen (secondary N) is 1. The Kier molecular flexibility index (Phi) is 3.58. The van der Waals surface area contributed by atoms with Crippen molar-refractivity contribution in [3.63, 3.8) is 0 Å². The summed E-state index contributed by atoms with van der Waals surface area (Å²) >= 11 is 0. The van der Waals surface area contributed by atoms with Crippen LogP contribution in [0.15, 0.2) is 5.11 Å². The van der Waals surface area contributed by atoms with E-state index in [1.165, 1.54) is 0 Å². The van der Waals surface area contributed by atoms with E-state index in [1.54, 1.807) is 0 Å². The van der Waals surface area contributed by atoms with Crippen LogP contribution in [0.3, 0.4) is 0 Å². The van der Waals surface area contributed by atoms with Crippen LogP contribution in [0.25, 0.3) is 0 Å². The molecule has 0 saturated carbocycles. The molecule has 31 valence electrons. The molecule has 0 fully saturated rings. The molecule has 0 bridgehead atoms. The minimum Gasteiger partial charge on any atom is -0.209 e. The third-order valence-corrected chi connectivity index (χ3v) is 0.283. The summed E-state index contributed by atoms with van der Waals surface area (Å²) in [5, 5.41) is 2.96. The Hall–Kier alpha value is -0.840. The Labute approximate surface area is 37.1 Å². The van der Waals surface area contributed by atoms with E-state index in [-0.39, 0.29) is 6.54 Å². The molecule has 6 heavy (non-hydrogen) atoms. The highest BCUT2D eigenvalue weighted by molar-refractivity contribution is 5.02. The zero-order valence-electron chi connectivity index (χ0n) is 3.36. The average molecular weight is 81.1 g/mol. The van der Waals surface area contributed by atoms with E-state index >= 15 is 0 Å². The van der Waals surface area contributed by atoms with Gasteiger partial charge in [-0.1, -0.05) is 5.92 Å². The monoisotopic (exact) mass is 81.0 g/mol. The maximum Gasteiger partial charge on any atom is 0.120 e. The molecule has 0 aliphatic rings. The third kappa shape index (κ3) is 3.16. The minimum absolute atomic E-state index is 0.281. The van der Waals surface area contributed by atoms with Crippen LogP contribution in [0.5, 0.6) is 0 Å². The largest absolute Gasteiger partial charge is 0.209 e. The molecule has 1 N–H and O–H groups in total. The molecule has 0 aliphatic heterocycles. The first-order valence-corrected chi connectivity index (χ1v) is 1.50. The first kappa shape index (κ1) is 5.16. The molecule has 0 heterocycles. The van der Waals surface area contributed by atoms with Gasteiger partial charge in [0.25, 0.3) is 0 Å². The van der Waals surface area contributed by atoms with Gasteiger partial charge in [-0.3, -0.25) is 0 Å². The van der Waals surface area contributed by atoms with Crippen LogP contribution in [0, 0.1) is 24.3 Å². The Balaban J connectivity index is 3.00. The summed E-state index contributed by atoms with van der Waals surface area (Å²) in [6.07, 6.45) is 0. The van der Waals surface area contributed by atoms with Crippen LogP contribution in [-0.2, 0) is 0 Å². The maximum atomic E-state index is 6.20. The van der Waals surface area contributed by atoms with Crippen molar-refractivity contribution in [3.8, 4) is 11.8 Å². The molecule has 2 heteroatoms. The Morgan fingerprint density at radius 1 is 1.83 bits per heavy atom. The lowest BCUT2D eigenvalue weighted by atomic mass is 10.6. The van der Waals surface area contributed by atoms with E-state index in [2.05, 4.69) is 23.9 Å². The van der Waals surface area contributed by atoms with Gasteiger partial charge in [0.05, 0.1) is 0 Å². The summed E-state index contributed by atoms with van der Waals surface area (Å²) in [6.45, 7) is 3.50. The number of rotatable bonds is 1. The normalized spacial score (nSPS) is 5.50. The molecule has 0 aromatic rings. The highest BCUT2D eigenvalue weighted by atomic mass is 14.9. The van der Waals surface area contributed by atoms with E-state index in [4.69, 9.17) is 5.53 Å². The molecule has 0 rings (SSSR count). The molecule has 0 amide bonds. The molecule has 0 aromatic heterocycles. The van der Waals surface area contributed by atoms with Crippen molar-refractivity contribution in [2.75, 3.05) is 6.54 Å². The van der Waals surface area contributed by atoms with Crippen molar-refractivity contribution >= 4 is 0 Å². The fourth-order valence-electron chi connectivity index (χ4n) is 0.0954. The molecule has 1 radical (unpaired) electrons. The van der Waals surface area contributed by atoms with Crippen LogP contribution < -0.4 is 0 Å².